The molecule has 1 aliphatic rings. The van der Waals surface area contributed by atoms with E-state index in [9.17, 15) is 14.3 Å². The van der Waals surface area contributed by atoms with Crippen LogP contribution >= 0.6 is 11.3 Å². The number of morpholine rings is 1. The summed E-state index contributed by atoms with van der Waals surface area (Å²) in [6.07, 6.45) is -0.989. The molecule has 0 spiro atoms. The molecule has 1 amide bonds. The summed E-state index contributed by atoms with van der Waals surface area (Å²) in [7, 11) is 0. The van der Waals surface area contributed by atoms with Crippen LogP contribution < -0.4 is 15.4 Å². The number of ether oxygens (including phenoxy) is 2. The molecule has 186 valence electrons. The third-order valence-corrected chi connectivity index (χ3v) is 6.46. The molecule has 3 aromatic rings. The molecular weight excluding hydrogens is 471 g/mol. The van der Waals surface area contributed by atoms with E-state index in [0.717, 1.165) is 11.1 Å². The highest BCUT2D eigenvalue weighted by atomic mass is 32.1. The van der Waals surface area contributed by atoms with Crippen molar-refractivity contribution < 1.29 is 23.8 Å². The number of rotatable bonds is 8. The van der Waals surface area contributed by atoms with Gasteiger partial charge >= 0.3 is 0 Å². The summed E-state index contributed by atoms with van der Waals surface area (Å²) >= 11 is 1.17. The van der Waals surface area contributed by atoms with Gasteiger partial charge in [0, 0.05) is 18.7 Å². The highest BCUT2D eigenvalue weighted by molar-refractivity contribution is 7.18. The number of carbonyl (C=O) groups is 1. The Hall–Kier alpha value is -2.89. The number of aliphatic hydroxyl groups is 1. The van der Waals surface area contributed by atoms with Gasteiger partial charge in [-0.2, -0.15) is 0 Å². The van der Waals surface area contributed by atoms with E-state index in [1.807, 2.05) is 36.1 Å². The van der Waals surface area contributed by atoms with Gasteiger partial charge < -0.3 is 19.9 Å². The van der Waals surface area contributed by atoms with Crippen molar-refractivity contribution in [3.8, 4) is 22.1 Å². The molecule has 2 heterocycles. The zero-order valence-electron chi connectivity index (χ0n) is 19.9. The number of carbonyl (C=O) groups excluding carboxylic acids is 1. The largest absolute Gasteiger partial charge is 0.444 e. The van der Waals surface area contributed by atoms with Crippen LogP contribution in [0, 0.1) is 12.7 Å². The molecule has 1 unspecified atom stereocenters. The van der Waals surface area contributed by atoms with E-state index in [1.54, 1.807) is 13.8 Å². The van der Waals surface area contributed by atoms with Crippen LogP contribution in [-0.4, -0.2) is 59.1 Å². The summed E-state index contributed by atoms with van der Waals surface area (Å²) < 4.78 is 24.6. The molecule has 1 aromatic heterocycles. The molecule has 0 aliphatic carbocycles. The van der Waals surface area contributed by atoms with Crippen LogP contribution in [0.4, 0.5) is 9.52 Å². The molecule has 4 rings (SSSR count). The zero-order chi connectivity index (χ0) is 25.0. The molecule has 0 saturated carbocycles. The minimum Gasteiger partial charge on any atom is -0.444 e. The van der Waals surface area contributed by atoms with Crippen molar-refractivity contribution in [2.45, 2.75) is 32.7 Å². The highest BCUT2D eigenvalue weighted by Gasteiger charge is 2.33. The van der Waals surface area contributed by atoms with Crippen molar-refractivity contribution in [3.63, 3.8) is 0 Å². The predicted molar refractivity (Wildman–Crippen MR) is 133 cm³/mol. The lowest BCUT2D eigenvalue weighted by molar-refractivity contribution is -0.127. The summed E-state index contributed by atoms with van der Waals surface area (Å²) in [5.41, 5.74) is 1.40. The molecule has 0 bridgehead atoms. The number of nitrogens with one attached hydrogen (secondary N) is 2. The van der Waals surface area contributed by atoms with Crippen LogP contribution in [0.1, 0.15) is 19.4 Å². The Kier molecular flexibility index (Phi) is 7.78. The molecule has 3 N–H and O–H groups in total. The molecule has 1 fully saturated rings. The van der Waals surface area contributed by atoms with Gasteiger partial charge in [0.25, 0.3) is 0 Å². The first-order valence-electron chi connectivity index (χ1n) is 11.3. The smallest absolute Gasteiger partial charge is 0.246 e. The molecular formula is C25H29FN4O4S. The van der Waals surface area contributed by atoms with Crippen LogP contribution in [-0.2, 0) is 9.53 Å². The van der Waals surface area contributed by atoms with E-state index >= 15 is 0 Å². The molecule has 2 aromatic carbocycles. The van der Waals surface area contributed by atoms with Crippen LogP contribution in [0.3, 0.4) is 0 Å². The number of anilines is 1. The SMILES string of the molecule is Cc1ccc(-c2nc(NC(=O)C(C)(C)NC(O)N3CCOCC3)sc2Oc2ccc(F)cc2)cc1. The lowest BCUT2D eigenvalue weighted by atomic mass is 10.1. The van der Waals surface area contributed by atoms with Crippen molar-refractivity contribution in [2.24, 2.45) is 0 Å². The Bertz CT molecular complexity index is 1150. The zero-order valence-corrected chi connectivity index (χ0v) is 20.7. The number of thiazole rings is 1. The molecule has 10 heteroatoms. The molecule has 0 radical (unpaired) electrons. The summed E-state index contributed by atoms with van der Waals surface area (Å²) in [6.45, 7) is 7.58. The predicted octanol–water partition coefficient (Wildman–Crippen LogP) is 3.96. The Morgan fingerprint density at radius 3 is 2.49 bits per heavy atom. The standard InChI is InChI=1S/C25H29FN4O4S/c1-16-4-6-17(7-5-16)20-21(34-19-10-8-18(26)9-11-19)35-23(27-20)28-22(31)25(2,3)29-24(32)30-12-14-33-15-13-30/h4-11,24,29,32H,12-15H2,1-3H3,(H,27,28,31). The molecule has 8 nitrogen and oxygen atoms in total. The average molecular weight is 501 g/mol. The molecule has 1 atom stereocenters. The van der Waals surface area contributed by atoms with Gasteiger partial charge in [-0.3, -0.25) is 15.0 Å². The minimum absolute atomic E-state index is 0.346. The maximum atomic E-state index is 13.3. The fraction of sp³-hybridized carbons (Fsp3) is 0.360. The van der Waals surface area contributed by atoms with Crippen molar-refractivity contribution in [2.75, 3.05) is 31.6 Å². The second kappa shape index (κ2) is 10.8. The number of hydrogen-bond donors (Lipinski definition) is 3. The Balaban J connectivity index is 1.53. The number of benzene rings is 2. The lowest BCUT2D eigenvalue weighted by Crippen LogP contribution is -2.60. The number of hydrogen-bond acceptors (Lipinski definition) is 8. The van der Waals surface area contributed by atoms with Gasteiger partial charge in [0.2, 0.25) is 11.0 Å². The number of aliphatic hydroxyl groups excluding tert-OH is 1. The fourth-order valence-electron chi connectivity index (χ4n) is 3.49. The van der Waals surface area contributed by atoms with Gasteiger partial charge in [0.1, 0.15) is 17.3 Å². The van der Waals surface area contributed by atoms with Gasteiger partial charge in [-0.1, -0.05) is 41.2 Å². The number of aryl methyl sites for hydroxylation is 1. The average Bonchev–Trinajstić information content (AvgIpc) is 3.23. The lowest BCUT2D eigenvalue weighted by Gasteiger charge is -2.36. The quantitative estimate of drug-likeness (QED) is 0.403. The number of amides is 1. The van der Waals surface area contributed by atoms with E-state index in [1.165, 1.54) is 35.6 Å². The molecule has 1 aliphatic heterocycles. The minimum atomic E-state index is -1.09. The van der Waals surface area contributed by atoms with E-state index in [2.05, 4.69) is 15.6 Å². The van der Waals surface area contributed by atoms with Crippen LogP contribution in [0.25, 0.3) is 11.3 Å². The summed E-state index contributed by atoms with van der Waals surface area (Å²) in [5, 5.41) is 17.2. The number of aromatic nitrogens is 1. The first-order chi connectivity index (χ1) is 16.7. The van der Waals surface area contributed by atoms with Crippen LogP contribution in [0.5, 0.6) is 10.8 Å². The summed E-state index contributed by atoms with van der Waals surface area (Å²) in [4.78, 5) is 19.5. The number of nitrogens with zero attached hydrogens (tertiary/aromatic N) is 2. The topological polar surface area (TPSA) is 96.0 Å². The maximum Gasteiger partial charge on any atom is 0.246 e. The van der Waals surface area contributed by atoms with E-state index < -0.39 is 11.9 Å². The van der Waals surface area contributed by atoms with Crippen molar-refractivity contribution in [1.82, 2.24) is 15.2 Å². The second-order valence-corrected chi connectivity index (χ2v) is 9.78. The Morgan fingerprint density at radius 2 is 1.83 bits per heavy atom. The maximum absolute atomic E-state index is 13.3. The summed E-state index contributed by atoms with van der Waals surface area (Å²) in [6, 6.07) is 13.5. The van der Waals surface area contributed by atoms with Crippen molar-refractivity contribution in [1.29, 1.82) is 0 Å². The van der Waals surface area contributed by atoms with Gasteiger partial charge in [0.15, 0.2) is 11.5 Å². The fourth-order valence-corrected chi connectivity index (χ4v) is 4.34. The van der Waals surface area contributed by atoms with Crippen molar-refractivity contribution >= 4 is 22.4 Å². The highest BCUT2D eigenvalue weighted by Crippen LogP contribution is 2.40. The first kappa shape index (κ1) is 25.2. The van der Waals surface area contributed by atoms with E-state index in [4.69, 9.17) is 9.47 Å². The normalized spacial score (nSPS) is 15.6. The van der Waals surface area contributed by atoms with E-state index in [0.29, 0.717) is 47.9 Å². The third-order valence-electron chi connectivity index (χ3n) is 5.61. The van der Waals surface area contributed by atoms with Crippen molar-refractivity contribution in [3.05, 3.63) is 59.9 Å². The van der Waals surface area contributed by atoms with Gasteiger partial charge in [-0.05, 0) is 45.0 Å². The van der Waals surface area contributed by atoms with Crippen LogP contribution in [0.15, 0.2) is 48.5 Å². The van der Waals surface area contributed by atoms with Gasteiger partial charge in [0.05, 0.1) is 18.8 Å². The molecule has 1 saturated heterocycles. The summed E-state index contributed by atoms with van der Waals surface area (Å²) in [5.74, 6) is -0.262. The van der Waals surface area contributed by atoms with Crippen LogP contribution in [0.2, 0.25) is 0 Å². The third kappa shape index (κ3) is 6.41. The first-order valence-corrected chi connectivity index (χ1v) is 12.1. The number of halogens is 1. The van der Waals surface area contributed by atoms with Gasteiger partial charge in [-0.25, -0.2) is 9.37 Å². The van der Waals surface area contributed by atoms with Gasteiger partial charge in [-0.15, -0.1) is 0 Å². The monoisotopic (exact) mass is 500 g/mol. The Labute approximate surface area is 207 Å². The Morgan fingerprint density at radius 1 is 1.17 bits per heavy atom. The van der Waals surface area contributed by atoms with E-state index in [-0.39, 0.29) is 11.7 Å². The molecule has 35 heavy (non-hydrogen) atoms. The second-order valence-electron chi connectivity index (χ2n) is 8.82.